The molecule has 1 aromatic carbocycles. The molecule has 146 valence electrons. The lowest BCUT2D eigenvalue weighted by Gasteiger charge is -2.29. The van der Waals surface area contributed by atoms with Crippen LogP contribution in [0, 0.1) is 17.2 Å². The van der Waals surface area contributed by atoms with Crippen molar-refractivity contribution < 1.29 is 4.79 Å². The molecule has 0 atom stereocenters. The van der Waals surface area contributed by atoms with Crippen molar-refractivity contribution in [3.05, 3.63) is 41.0 Å². The van der Waals surface area contributed by atoms with Crippen molar-refractivity contribution in [1.82, 2.24) is 10.2 Å². The SMILES string of the molecule is CC1CCN(c2nnc(NC(=O)/C(C#N)=C\c3ccc(C(C)C)cc3)s2)CC1. The van der Waals surface area contributed by atoms with Gasteiger partial charge >= 0.3 is 0 Å². The monoisotopic (exact) mass is 395 g/mol. The topological polar surface area (TPSA) is 81.9 Å². The smallest absolute Gasteiger partial charge is 0.268 e. The number of hydrogen-bond donors (Lipinski definition) is 1. The Balaban J connectivity index is 1.66. The number of benzene rings is 1. The normalized spacial score (nSPS) is 15.5. The zero-order valence-corrected chi connectivity index (χ0v) is 17.3. The van der Waals surface area contributed by atoms with E-state index in [4.69, 9.17) is 0 Å². The van der Waals surface area contributed by atoms with Gasteiger partial charge in [0, 0.05) is 13.1 Å². The third kappa shape index (κ3) is 4.96. The van der Waals surface area contributed by atoms with E-state index in [9.17, 15) is 10.1 Å². The Labute approximate surface area is 169 Å². The van der Waals surface area contributed by atoms with E-state index in [-0.39, 0.29) is 5.57 Å². The Hall–Kier alpha value is -2.72. The van der Waals surface area contributed by atoms with E-state index >= 15 is 0 Å². The van der Waals surface area contributed by atoms with Crippen molar-refractivity contribution in [1.29, 1.82) is 5.26 Å². The molecule has 0 radical (unpaired) electrons. The zero-order valence-electron chi connectivity index (χ0n) is 16.5. The number of piperidine rings is 1. The number of nitriles is 1. The van der Waals surface area contributed by atoms with Gasteiger partial charge in [0.1, 0.15) is 11.6 Å². The summed E-state index contributed by atoms with van der Waals surface area (Å²) in [4.78, 5) is 14.7. The first kappa shape index (κ1) is 20.0. The van der Waals surface area contributed by atoms with Crippen LogP contribution in [0.4, 0.5) is 10.3 Å². The van der Waals surface area contributed by atoms with Gasteiger partial charge in [-0.1, -0.05) is 56.4 Å². The standard InChI is InChI=1S/C21H25N5OS/c1-14(2)17-6-4-16(5-7-17)12-18(13-22)19(27)23-20-24-25-21(28-20)26-10-8-15(3)9-11-26/h4-7,12,14-15H,8-11H2,1-3H3,(H,23,24,27)/b18-12-. The second kappa shape index (κ2) is 8.98. The third-order valence-electron chi connectivity index (χ3n) is 4.97. The number of anilines is 2. The van der Waals surface area contributed by atoms with Gasteiger partial charge in [-0.3, -0.25) is 10.1 Å². The van der Waals surface area contributed by atoms with Crippen LogP contribution < -0.4 is 10.2 Å². The van der Waals surface area contributed by atoms with Gasteiger partial charge in [0.15, 0.2) is 0 Å². The summed E-state index contributed by atoms with van der Waals surface area (Å²) in [5, 5.41) is 21.6. The molecule has 2 aromatic rings. The first-order chi connectivity index (χ1) is 13.5. The Kier molecular flexibility index (Phi) is 6.42. The van der Waals surface area contributed by atoms with Crippen molar-refractivity contribution in [2.24, 2.45) is 5.92 Å². The van der Waals surface area contributed by atoms with Crippen LogP contribution in [0.25, 0.3) is 6.08 Å². The summed E-state index contributed by atoms with van der Waals surface area (Å²) >= 11 is 1.34. The molecule has 0 unspecified atom stereocenters. The maximum atomic E-state index is 12.5. The molecule has 0 spiro atoms. The van der Waals surface area contributed by atoms with Gasteiger partial charge in [0.25, 0.3) is 5.91 Å². The minimum absolute atomic E-state index is 0.0424. The second-order valence-corrected chi connectivity index (χ2v) is 8.46. The summed E-state index contributed by atoms with van der Waals surface area (Å²) in [5.74, 6) is 0.707. The molecule has 0 saturated carbocycles. The lowest BCUT2D eigenvalue weighted by molar-refractivity contribution is -0.112. The Morgan fingerprint density at radius 1 is 1.29 bits per heavy atom. The highest BCUT2D eigenvalue weighted by Crippen LogP contribution is 2.28. The summed E-state index contributed by atoms with van der Waals surface area (Å²) in [6.45, 7) is 8.42. The first-order valence-corrected chi connectivity index (χ1v) is 10.4. The summed E-state index contributed by atoms with van der Waals surface area (Å²) < 4.78 is 0. The van der Waals surface area contributed by atoms with E-state index in [0.29, 0.717) is 11.0 Å². The van der Waals surface area contributed by atoms with Crippen LogP contribution >= 0.6 is 11.3 Å². The molecule has 28 heavy (non-hydrogen) atoms. The molecular formula is C21H25N5OS. The molecule has 1 aliphatic rings. The highest BCUT2D eigenvalue weighted by molar-refractivity contribution is 7.19. The van der Waals surface area contributed by atoms with Crippen LogP contribution in [0.2, 0.25) is 0 Å². The largest absolute Gasteiger partial charge is 0.347 e. The van der Waals surface area contributed by atoms with Gasteiger partial charge in [-0.25, -0.2) is 0 Å². The molecule has 1 fully saturated rings. The summed E-state index contributed by atoms with van der Waals surface area (Å²) in [5.41, 5.74) is 2.07. The van der Waals surface area contributed by atoms with E-state index in [1.54, 1.807) is 6.08 Å². The van der Waals surface area contributed by atoms with Crippen molar-refractivity contribution >= 4 is 33.6 Å². The van der Waals surface area contributed by atoms with Crippen molar-refractivity contribution in [3.63, 3.8) is 0 Å². The molecule has 1 N–H and O–H groups in total. The van der Waals surface area contributed by atoms with E-state index in [1.807, 2.05) is 30.3 Å². The van der Waals surface area contributed by atoms with Crippen LogP contribution in [0.3, 0.4) is 0 Å². The van der Waals surface area contributed by atoms with Gasteiger partial charge in [-0.2, -0.15) is 5.26 Å². The number of carbonyl (C=O) groups excluding carboxylic acids is 1. The van der Waals surface area contributed by atoms with Crippen LogP contribution in [-0.4, -0.2) is 29.2 Å². The third-order valence-corrected chi connectivity index (χ3v) is 5.87. The maximum Gasteiger partial charge on any atom is 0.268 e. The molecule has 1 aromatic heterocycles. The average molecular weight is 396 g/mol. The molecule has 2 heterocycles. The number of amides is 1. The lowest BCUT2D eigenvalue weighted by atomic mass is 10.00. The number of nitrogens with one attached hydrogen (secondary N) is 1. The molecule has 7 heteroatoms. The Morgan fingerprint density at radius 2 is 1.96 bits per heavy atom. The fraction of sp³-hybridized carbons (Fsp3) is 0.429. The molecule has 1 saturated heterocycles. The summed E-state index contributed by atoms with van der Waals surface area (Å²) in [6, 6.07) is 9.84. The van der Waals surface area contributed by atoms with Gasteiger partial charge in [0.05, 0.1) is 0 Å². The number of hydrogen-bond acceptors (Lipinski definition) is 6. The van der Waals surface area contributed by atoms with Crippen LogP contribution in [-0.2, 0) is 4.79 Å². The van der Waals surface area contributed by atoms with Crippen LogP contribution in [0.15, 0.2) is 29.8 Å². The predicted octanol–water partition coefficient (Wildman–Crippen LogP) is 4.44. The second-order valence-electron chi connectivity index (χ2n) is 7.50. The summed E-state index contributed by atoms with van der Waals surface area (Å²) in [6.07, 6.45) is 3.86. The molecule has 3 rings (SSSR count). The van der Waals surface area contributed by atoms with E-state index in [0.717, 1.165) is 42.5 Å². The Bertz CT molecular complexity index is 886. The molecular weight excluding hydrogens is 370 g/mol. The number of aromatic nitrogens is 2. The van der Waals surface area contributed by atoms with Gasteiger partial charge in [-0.15, -0.1) is 10.2 Å². The quantitative estimate of drug-likeness (QED) is 0.598. The average Bonchev–Trinajstić information content (AvgIpc) is 3.15. The minimum Gasteiger partial charge on any atom is -0.347 e. The maximum absolute atomic E-state index is 12.5. The Morgan fingerprint density at radius 3 is 2.57 bits per heavy atom. The molecule has 0 aliphatic carbocycles. The van der Waals surface area contributed by atoms with Gasteiger partial charge in [-0.05, 0) is 41.9 Å². The first-order valence-electron chi connectivity index (χ1n) is 9.58. The summed E-state index contributed by atoms with van der Waals surface area (Å²) in [7, 11) is 0. The van der Waals surface area contributed by atoms with Gasteiger partial charge in [0.2, 0.25) is 10.3 Å². The molecule has 1 amide bonds. The lowest BCUT2D eigenvalue weighted by Crippen LogP contribution is -2.32. The van der Waals surface area contributed by atoms with Crippen molar-refractivity contribution in [2.45, 2.75) is 39.5 Å². The zero-order chi connectivity index (χ0) is 20.1. The minimum atomic E-state index is -0.467. The predicted molar refractivity (Wildman–Crippen MR) is 113 cm³/mol. The van der Waals surface area contributed by atoms with Gasteiger partial charge < -0.3 is 4.90 Å². The van der Waals surface area contributed by atoms with E-state index in [1.165, 1.54) is 16.9 Å². The fourth-order valence-corrected chi connectivity index (χ4v) is 3.84. The molecule has 0 bridgehead atoms. The van der Waals surface area contributed by atoms with E-state index < -0.39 is 5.91 Å². The van der Waals surface area contributed by atoms with Crippen molar-refractivity contribution in [3.8, 4) is 6.07 Å². The number of carbonyl (C=O) groups is 1. The molecule has 1 aliphatic heterocycles. The number of rotatable bonds is 5. The fourth-order valence-electron chi connectivity index (χ4n) is 3.05. The highest BCUT2D eigenvalue weighted by Gasteiger charge is 2.20. The number of nitrogens with zero attached hydrogens (tertiary/aromatic N) is 4. The van der Waals surface area contributed by atoms with Crippen LogP contribution in [0.1, 0.15) is 50.7 Å². The van der Waals surface area contributed by atoms with E-state index in [2.05, 4.69) is 41.2 Å². The highest BCUT2D eigenvalue weighted by atomic mass is 32.1. The van der Waals surface area contributed by atoms with Crippen molar-refractivity contribution in [2.75, 3.05) is 23.3 Å². The van der Waals surface area contributed by atoms with Crippen LogP contribution in [0.5, 0.6) is 0 Å². The molecule has 6 nitrogen and oxygen atoms in total.